The third-order valence-electron chi connectivity index (χ3n) is 11.3. The molecule has 0 saturated carbocycles. The average Bonchev–Trinajstić information content (AvgIpc) is 4.17. The Bertz CT molecular complexity index is 3470. The fourth-order valence-electron chi connectivity index (χ4n) is 7.98. The van der Waals surface area contributed by atoms with Crippen molar-refractivity contribution in [3.8, 4) is 0 Å². The molecule has 9 rings (SSSR count). The van der Waals surface area contributed by atoms with Crippen LogP contribution in [0.15, 0.2) is 66.3 Å². The van der Waals surface area contributed by atoms with Crippen LogP contribution >= 0.6 is 0 Å². The second kappa shape index (κ2) is 19.1. The van der Waals surface area contributed by atoms with Crippen LogP contribution in [-0.4, -0.2) is 96.1 Å². The van der Waals surface area contributed by atoms with Crippen molar-refractivity contribution < 1.29 is 4.57 Å². The highest BCUT2D eigenvalue weighted by Crippen LogP contribution is 2.07. The van der Waals surface area contributed by atoms with Gasteiger partial charge in [-0.05, 0) is 38.5 Å². The smallest absolute Gasteiger partial charge is 0.328 e. The summed E-state index contributed by atoms with van der Waals surface area (Å²) in [5, 5.41) is 24.2. The van der Waals surface area contributed by atoms with Crippen molar-refractivity contribution in [2.45, 2.75) is 58.2 Å². The lowest BCUT2D eigenvalue weighted by molar-refractivity contribution is -0.648. The normalized spacial score (nSPS) is 11.4. The van der Waals surface area contributed by atoms with E-state index in [9.17, 15) is 28.8 Å². The van der Waals surface area contributed by atoms with E-state index in [1.165, 1.54) is 49.7 Å². The van der Waals surface area contributed by atoms with Crippen molar-refractivity contribution >= 4 is 33.5 Å². The second-order valence-corrected chi connectivity index (χ2v) is 16.3. The van der Waals surface area contributed by atoms with Crippen LogP contribution < -0.4 is 38.3 Å². The third kappa shape index (κ3) is 9.37. The molecule has 0 aromatic carbocycles. The lowest BCUT2D eigenvalue weighted by Gasteiger charge is -2.08. The lowest BCUT2D eigenvalue weighted by atomic mass is 10.2. The maximum absolute atomic E-state index is 12.7. The van der Waals surface area contributed by atoms with E-state index in [0.717, 1.165) is 17.1 Å². The Kier molecular flexibility index (Phi) is 13.4. The summed E-state index contributed by atoms with van der Waals surface area (Å²) in [7, 11) is 17.3. The van der Waals surface area contributed by atoms with Gasteiger partial charge < -0.3 is 9.13 Å². The molecular weight excluding hydrogens is 871 g/mol. The molecule has 27 nitrogen and oxygen atoms in total. The molecule has 0 spiro atoms. The van der Waals surface area contributed by atoms with Gasteiger partial charge in [0.2, 0.25) is 5.52 Å². The summed E-state index contributed by atoms with van der Waals surface area (Å²) in [5.41, 5.74) is 3.47. The molecule has 0 aliphatic heterocycles. The zero-order chi connectivity index (χ0) is 48.4. The maximum Gasteiger partial charge on any atom is 0.389 e. The van der Waals surface area contributed by atoms with Gasteiger partial charge in [-0.1, -0.05) is 5.21 Å². The Morgan fingerprint density at radius 3 is 1.34 bits per heavy atom. The van der Waals surface area contributed by atoms with E-state index in [-0.39, 0.29) is 33.7 Å². The van der Waals surface area contributed by atoms with Crippen LogP contribution in [0.2, 0.25) is 0 Å². The van der Waals surface area contributed by atoms with Gasteiger partial charge >= 0.3 is 22.6 Å². The van der Waals surface area contributed by atoms with Gasteiger partial charge in [-0.2, -0.15) is 30.0 Å². The first kappa shape index (κ1) is 46.9. The summed E-state index contributed by atoms with van der Waals surface area (Å²) in [6.07, 6.45) is 14.0. The fourth-order valence-corrected chi connectivity index (χ4v) is 7.98. The molecule has 27 heteroatoms. The fraction of sp³-hybridized carbons (Fsp3) is 0.475. The molecule has 0 aliphatic carbocycles. The quantitative estimate of drug-likeness (QED) is 0.111. The summed E-state index contributed by atoms with van der Waals surface area (Å²) in [5.74, 6) is 0. The van der Waals surface area contributed by atoms with Gasteiger partial charge in [0.25, 0.3) is 16.8 Å². The number of imidazole rings is 3. The predicted octanol–water partition coefficient (Wildman–Crippen LogP) is -2.99. The van der Waals surface area contributed by atoms with E-state index in [4.69, 9.17) is 0 Å². The zero-order valence-corrected chi connectivity index (χ0v) is 39.2. The molecule has 0 bridgehead atoms. The Labute approximate surface area is 379 Å². The molecule has 67 heavy (non-hydrogen) atoms. The highest BCUT2D eigenvalue weighted by atomic mass is 16.2. The largest absolute Gasteiger partial charge is 0.389 e. The summed E-state index contributed by atoms with van der Waals surface area (Å²) >= 11 is 0. The van der Waals surface area contributed by atoms with Gasteiger partial charge in [0.05, 0.1) is 63.3 Å². The Morgan fingerprint density at radius 1 is 0.522 bits per heavy atom. The Morgan fingerprint density at radius 2 is 0.940 bits per heavy atom. The Hall–Kier alpha value is -8.13. The van der Waals surface area contributed by atoms with E-state index in [2.05, 4.69) is 40.7 Å². The van der Waals surface area contributed by atoms with E-state index in [0.29, 0.717) is 91.7 Å². The van der Waals surface area contributed by atoms with E-state index >= 15 is 0 Å². The van der Waals surface area contributed by atoms with Crippen molar-refractivity contribution in [1.82, 2.24) is 96.1 Å². The maximum atomic E-state index is 12.7. The van der Waals surface area contributed by atoms with Gasteiger partial charge in [-0.3, -0.25) is 41.9 Å². The second-order valence-electron chi connectivity index (χ2n) is 16.3. The van der Waals surface area contributed by atoms with Gasteiger partial charge in [0, 0.05) is 75.2 Å². The monoisotopic (exact) mass is 924 g/mol. The van der Waals surface area contributed by atoms with Crippen LogP contribution in [0.25, 0.3) is 33.5 Å². The van der Waals surface area contributed by atoms with Crippen LogP contribution in [0.4, 0.5) is 0 Å². The molecule has 354 valence electrons. The predicted molar refractivity (Wildman–Crippen MR) is 242 cm³/mol. The highest BCUT2D eigenvalue weighted by molar-refractivity contribution is 5.70. The standard InChI is InChI=1S/C14H20N7O2.2C13H17N7O2/c1-17-9-18(2)12-11(17)13(22)21(14(23)19(12)3)7-5-6-10-8-15-20(4)16-10;1-17-8-14-11-10(17)12(21)20(13(22)19(11)3)6-4-5-9-7-18(2)16-15-9;1-17-8-14-11-10(17)12(21)20(13(22)18(11)2)6-4-5-9-7-15-19(3)16-9/h8-9H,5-7H2,1-4H3;2*7-8H,4-6H2,1-3H3/q+1;;. The molecule has 0 N–H and O–H groups in total. The van der Waals surface area contributed by atoms with Crippen molar-refractivity contribution in [3.63, 3.8) is 0 Å². The topological polar surface area (TPSA) is 269 Å². The number of aromatic nitrogens is 21. The van der Waals surface area contributed by atoms with Crippen LogP contribution in [0.5, 0.6) is 0 Å². The summed E-state index contributed by atoms with van der Waals surface area (Å²) < 4.78 is 16.5. The van der Waals surface area contributed by atoms with Gasteiger partial charge in [-0.15, -0.1) is 5.10 Å². The van der Waals surface area contributed by atoms with Crippen molar-refractivity contribution in [2.75, 3.05) is 0 Å². The zero-order valence-electron chi connectivity index (χ0n) is 39.2. The van der Waals surface area contributed by atoms with E-state index < -0.39 is 0 Å². The summed E-state index contributed by atoms with van der Waals surface area (Å²) in [4.78, 5) is 85.9. The van der Waals surface area contributed by atoms with Crippen molar-refractivity contribution in [2.24, 2.45) is 70.5 Å². The molecule has 0 fully saturated rings. The molecule has 9 heterocycles. The SMILES string of the molecule is Cn1cc(CCCn2c(=O)c3c(ncn3C)n(C)c2=O)nn1.Cn1ncc(CCCn2c(=O)c3c(n(C)c2=O)[n+](C)cn3C)n1.Cn1ncc(CCCn2c(=O)c3c(ncn3C)n(C)c2=O)n1. The molecule has 9 aromatic heterocycles. The van der Waals surface area contributed by atoms with Crippen molar-refractivity contribution in [3.05, 3.63) is 117 Å². The van der Waals surface area contributed by atoms with Gasteiger partial charge in [0.15, 0.2) is 28.7 Å². The summed E-state index contributed by atoms with van der Waals surface area (Å²) in [6, 6.07) is 0. The molecule has 0 saturated heterocycles. The van der Waals surface area contributed by atoms with Gasteiger partial charge in [0.1, 0.15) is 0 Å². The molecule has 0 unspecified atom stereocenters. The minimum Gasteiger partial charge on any atom is -0.328 e. The first-order valence-corrected chi connectivity index (χ1v) is 21.3. The number of aryl methyl sites for hydroxylation is 13. The van der Waals surface area contributed by atoms with Gasteiger partial charge in [-0.25, -0.2) is 38.1 Å². The molecule has 0 radical (unpaired) electrons. The third-order valence-corrected chi connectivity index (χ3v) is 11.3. The first-order valence-electron chi connectivity index (χ1n) is 21.3. The Balaban J connectivity index is 0.000000149. The number of hydrogen-bond donors (Lipinski definition) is 0. The number of fused-ring (bicyclic) bond motifs is 3. The average molecular weight is 925 g/mol. The van der Waals surface area contributed by atoms with Crippen LogP contribution in [0, 0.1) is 0 Å². The number of hydrogen-bond acceptors (Lipinski definition) is 14. The molecule has 0 aliphatic rings. The molecular formula is C40H54N21O6+. The lowest BCUT2D eigenvalue weighted by Crippen LogP contribution is -2.42. The highest BCUT2D eigenvalue weighted by Gasteiger charge is 2.22. The van der Waals surface area contributed by atoms with E-state index in [1.54, 1.807) is 105 Å². The minimum absolute atomic E-state index is 0.259. The van der Waals surface area contributed by atoms with Crippen LogP contribution in [-0.2, 0) is 109 Å². The first-order chi connectivity index (χ1) is 31.9. The van der Waals surface area contributed by atoms with Crippen LogP contribution in [0.3, 0.4) is 0 Å². The molecule has 0 amide bonds. The number of nitrogens with zero attached hydrogens (tertiary/aromatic N) is 21. The van der Waals surface area contributed by atoms with Crippen molar-refractivity contribution in [1.29, 1.82) is 0 Å². The molecule has 0 atom stereocenters. The molecule has 9 aromatic rings. The van der Waals surface area contributed by atoms with E-state index in [1.807, 2.05) is 13.2 Å². The number of rotatable bonds is 12. The minimum atomic E-state index is -0.352. The van der Waals surface area contributed by atoms with Crippen LogP contribution in [0.1, 0.15) is 36.3 Å². The summed E-state index contributed by atoms with van der Waals surface area (Å²) in [6.45, 7) is 1.03.